The average Bonchev–Trinajstić information content (AvgIpc) is 2.78. The first-order valence-corrected chi connectivity index (χ1v) is 6.44. The molecule has 0 aliphatic carbocycles. The van der Waals surface area contributed by atoms with Crippen molar-refractivity contribution < 1.29 is 9.53 Å². The summed E-state index contributed by atoms with van der Waals surface area (Å²) in [5.74, 6) is -0.244. The van der Waals surface area contributed by atoms with E-state index in [2.05, 4.69) is 5.32 Å². The molecule has 1 aliphatic rings. The molecule has 3 rings (SSSR count). The van der Waals surface area contributed by atoms with E-state index in [1.165, 1.54) is 0 Å². The number of ether oxygens (including phenoxy) is 1. The number of carbonyl (C=O) groups is 1. The van der Waals surface area contributed by atoms with Crippen LogP contribution in [-0.2, 0) is 4.74 Å². The highest BCUT2D eigenvalue weighted by atomic mass is 16.5. The lowest BCUT2D eigenvalue weighted by molar-refractivity contribution is 0.0457. The van der Waals surface area contributed by atoms with Gasteiger partial charge in [0.05, 0.1) is 5.56 Å². The Morgan fingerprint density at radius 2 is 1.74 bits per heavy atom. The number of anilines is 1. The molecule has 1 heterocycles. The van der Waals surface area contributed by atoms with E-state index in [4.69, 9.17) is 4.74 Å². The van der Waals surface area contributed by atoms with Crippen molar-refractivity contribution in [2.45, 2.75) is 13.0 Å². The van der Waals surface area contributed by atoms with Crippen LogP contribution in [0.15, 0.2) is 48.5 Å². The summed E-state index contributed by atoms with van der Waals surface area (Å²) in [5, 5.41) is 3.31. The Morgan fingerprint density at radius 1 is 1.05 bits per heavy atom. The zero-order chi connectivity index (χ0) is 13.2. The average molecular weight is 253 g/mol. The number of esters is 1. The summed E-state index contributed by atoms with van der Waals surface area (Å²) in [7, 11) is 0. The standard InChI is InChI=1S/C16H15NO2/c1-2-17-14-10-6-5-9-13(14)15-11-7-3-4-8-12(11)16(18)19-15/h3-10,15,17H,2H2,1H3. The van der Waals surface area contributed by atoms with Crippen molar-refractivity contribution >= 4 is 11.7 Å². The van der Waals surface area contributed by atoms with Gasteiger partial charge in [-0.25, -0.2) is 4.79 Å². The molecule has 1 unspecified atom stereocenters. The highest BCUT2D eigenvalue weighted by Gasteiger charge is 2.32. The van der Waals surface area contributed by atoms with Gasteiger partial charge in [0.1, 0.15) is 0 Å². The van der Waals surface area contributed by atoms with Crippen LogP contribution in [0.5, 0.6) is 0 Å². The number of benzene rings is 2. The number of carbonyl (C=O) groups excluding carboxylic acids is 1. The van der Waals surface area contributed by atoms with Gasteiger partial charge in [-0.1, -0.05) is 36.4 Å². The van der Waals surface area contributed by atoms with E-state index in [1.807, 2.05) is 55.5 Å². The normalized spacial score (nSPS) is 16.9. The van der Waals surface area contributed by atoms with Crippen LogP contribution in [-0.4, -0.2) is 12.5 Å². The lowest BCUT2D eigenvalue weighted by Crippen LogP contribution is -2.06. The Hall–Kier alpha value is -2.29. The van der Waals surface area contributed by atoms with Gasteiger partial charge in [-0.15, -0.1) is 0 Å². The summed E-state index contributed by atoms with van der Waals surface area (Å²) in [5.41, 5.74) is 3.62. The van der Waals surface area contributed by atoms with Crippen LogP contribution in [0.2, 0.25) is 0 Å². The second-order valence-electron chi connectivity index (χ2n) is 4.49. The molecule has 1 aliphatic heterocycles. The summed E-state index contributed by atoms with van der Waals surface area (Å²) in [6, 6.07) is 15.5. The van der Waals surface area contributed by atoms with Gasteiger partial charge >= 0.3 is 5.97 Å². The predicted molar refractivity (Wildman–Crippen MR) is 74.3 cm³/mol. The molecule has 0 fully saturated rings. The molecule has 0 spiro atoms. The lowest BCUT2D eigenvalue weighted by Gasteiger charge is -2.16. The van der Waals surface area contributed by atoms with E-state index < -0.39 is 0 Å². The van der Waals surface area contributed by atoms with Crippen LogP contribution in [0.1, 0.15) is 34.5 Å². The zero-order valence-electron chi connectivity index (χ0n) is 10.7. The fraction of sp³-hybridized carbons (Fsp3) is 0.188. The largest absolute Gasteiger partial charge is 0.449 e. The third-order valence-corrected chi connectivity index (χ3v) is 3.30. The molecule has 0 radical (unpaired) electrons. The zero-order valence-corrected chi connectivity index (χ0v) is 10.7. The molecule has 2 aromatic rings. The van der Waals surface area contributed by atoms with E-state index in [0.29, 0.717) is 5.56 Å². The van der Waals surface area contributed by atoms with E-state index in [0.717, 1.165) is 23.4 Å². The van der Waals surface area contributed by atoms with Crippen LogP contribution in [0.3, 0.4) is 0 Å². The van der Waals surface area contributed by atoms with Crippen LogP contribution in [0.25, 0.3) is 0 Å². The van der Waals surface area contributed by atoms with Crippen LogP contribution in [0.4, 0.5) is 5.69 Å². The maximum atomic E-state index is 11.9. The van der Waals surface area contributed by atoms with E-state index >= 15 is 0 Å². The van der Waals surface area contributed by atoms with Crippen LogP contribution >= 0.6 is 0 Å². The van der Waals surface area contributed by atoms with Gasteiger partial charge in [0.25, 0.3) is 0 Å². The minimum absolute atomic E-state index is 0.244. The number of rotatable bonds is 3. The Labute approximate surface area is 112 Å². The molecule has 19 heavy (non-hydrogen) atoms. The first kappa shape index (κ1) is 11.8. The summed E-state index contributed by atoms with van der Waals surface area (Å²) in [6.45, 7) is 2.88. The van der Waals surface area contributed by atoms with Gasteiger partial charge in [0.15, 0.2) is 6.10 Å². The van der Waals surface area contributed by atoms with E-state index in [1.54, 1.807) is 0 Å². The van der Waals surface area contributed by atoms with Gasteiger partial charge in [-0.05, 0) is 19.1 Å². The van der Waals surface area contributed by atoms with Crippen molar-refractivity contribution in [3.05, 3.63) is 65.2 Å². The van der Waals surface area contributed by atoms with Crippen molar-refractivity contribution in [3.8, 4) is 0 Å². The number of hydrogen-bond donors (Lipinski definition) is 1. The van der Waals surface area contributed by atoms with E-state index in [9.17, 15) is 4.79 Å². The Balaban J connectivity index is 2.07. The number of fused-ring (bicyclic) bond motifs is 1. The molecule has 0 aromatic heterocycles. The number of cyclic esters (lactones) is 1. The van der Waals surface area contributed by atoms with Crippen molar-refractivity contribution in [1.82, 2.24) is 0 Å². The fourth-order valence-corrected chi connectivity index (χ4v) is 2.45. The van der Waals surface area contributed by atoms with Gasteiger partial charge in [0, 0.05) is 23.4 Å². The quantitative estimate of drug-likeness (QED) is 0.852. The Bertz CT molecular complexity index is 622. The molecule has 1 N–H and O–H groups in total. The summed E-state index contributed by atoms with van der Waals surface area (Å²) in [4.78, 5) is 11.9. The molecule has 3 heteroatoms. The van der Waals surface area contributed by atoms with Crippen molar-refractivity contribution in [1.29, 1.82) is 0 Å². The molecule has 96 valence electrons. The third-order valence-electron chi connectivity index (χ3n) is 3.30. The van der Waals surface area contributed by atoms with Crippen LogP contribution < -0.4 is 5.32 Å². The maximum absolute atomic E-state index is 11.9. The molecule has 0 saturated heterocycles. The first-order valence-electron chi connectivity index (χ1n) is 6.44. The van der Waals surface area contributed by atoms with Gasteiger partial charge in [-0.3, -0.25) is 0 Å². The van der Waals surface area contributed by atoms with Gasteiger partial charge in [-0.2, -0.15) is 0 Å². The van der Waals surface area contributed by atoms with Crippen molar-refractivity contribution in [3.63, 3.8) is 0 Å². The molecule has 3 nitrogen and oxygen atoms in total. The first-order chi connectivity index (χ1) is 9.31. The lowest BCUT2D eigenvalue weighted by atomic mass is 9.98. The number of nitrogens with one attached hydrogen (secondary N) is 1. The second-order valence-corrected chi connectivity index (χ2v) is 4.49. The van der Waals surface area contributed by atoms with Gasteiger partial charge < -0.3 is 10.1 Å². The van der Waals surface area contributed by atoms with Crippen molar-refractivity contribution in [2.24, 2.45) is 0 Å². The predicted octanol–water partition coefficient (Wildman–Crippen LogP) is 3.38. The van der Waals surface area contributed by atoms with Gasteiger partial charge in [0.2, 0.25) is 0 Å². The monoisotopic (exact) mass is 253 g/mol. The smallest absolute Gasteiger partial charge is 0.339 e. The summed E-state index contributed by atoms with van der Waals surface area (Å²) in [6.07, 6.45) is -0.307. The topological polar surface area (TPSA) is 38.3 Å². The molecule has 0 amide bonds. The number of hydrogen-bond acceptors (Lipinski definition) is 3. The molecule has 0 bridgehead atoms. The van der Waals surface area contributed by atoms with Crippen LogP contribution in [0, 0.1) is 0 Å². The van der Waals surface area contributed by atoms with Crippen molar-refractivity contribution in [2.75, 3.05) is 11.9 Å². The minimum Gasteiger partial charge on any atom is -0.449 e. The third kappa shape index (κ3) is 1.97. The molecule has 1 atom stereocenters. The molecule has 2 aromatic carbocycles. The molecular formula is C16H15NO2. The SMILES string of the molecule is CCNc1ccccc1C1OC(=O)c2ccccc21. The molecular weight excluding hydrogens is 238 g/mol. The highest BCUT2D eigenvalue weighted by Crippen LogP contribution is 2.38. The Morgan fingerprint density at radius 3 is 2.53 bits per heavy atom. The second kappa shape index (κ2) is 4.76. The number of para-hydroxylation sites is 1. The van der Waals surface area contributed by atoms with E-state index in [-0.39, 0.29) is 12.1 Å². The molecule has 0 saturated carbocycles. The summed E-state index contributed by atoms with van der Waals surface area (Å²) >= 11 is 0. The minimum atomic E-state index is -0.307. The Kier molecular flexibility index (Phi) is 2.95. The summed E-state index contributed by atoms with van der Waals surface area (Å²) < 4.78 is 5.53. The maximum Gasteiger partial charge on any atom is 0.339 e. The fourth-order valence-electron chi connectivity index (χ4n) is 2.45. The highest BCUT2D eigenvalue weighted by molar-refractivity contribution is 5.94.